The number of nitrogens with zero attached hydrogens (tertiary/aromatic N) is 1. The number of ether oxygens (including phenoxy) is 1. The van der Waals surface area contributed by atoms with Crippen LogP contribution in [0.3, 0.4) is 0 Å². The van der Waals surface area contributed by atoms with E-state index >= 15 is 0 Å². The molecule has 0 aliphatic carbocycles. The van der Waals surface area contributed by atoms with Crippen molar-refractivity contribution < 1.29 is 14.3 Å². The van der Waals surface area contributed by atoms with Crippen LogP contribution in [0.4, 0.5) is 5.69 Å². The number of nitrogens with one attached hydrogen (secondary N) is 1. The molecule has 0 aliphatic rings. The zero-order valence-electron chi connectivity index (χ0n) is 15.8. The number of hydrogen-bond acceptors (Lipinski definition) is 4. The molecule has 0 spiro atoms. The van der Waals surface area contributed by atoms with E-state index in [1.165, 1.54) is 24.4 Å². The lowest BCUT2D eigenvalue weighted by Crippen LogP contribution is -2.13. The maximum Gasteiger partial charge on any atom is 0.354 e. The Bertz CT molecular complexity index is 950. The predicted octanol–water partition coefficient (Wildman–Crippen LogP) is 4.36. The van der Waals surface area contributed by atoms with Crippen LogP contribution in [0.1, 0.15) is 21.6 Å². The van der Waals surface area contributed by atoms with E-state index in [1.807, 2.05) is 61.5 Å². The van der Waals surface area contributed by atoms with Gasteiger partial charge < -0.3 is 14.6 Å². The van der Waals surface area contributed by atoms with Crippen LogP contribution in [-0.2, 0) is 16.1 Å². The summed E-state index contributed by atoms with van der Waals surface area (Å²) in [5.41, 5.74) is 3.21. The van der Waals surface area contributed by atoms with E-state index in [2.05, 4.69) is 5.32 Å². The molecule has 1 amide bonds. The van der Waals surface area contributed by atoms with Gasteiger partial charge in [0.25, 0.3) is 0 Å². The van der Waals surface area contributed by atoms with Crippen molar-refractivity contribution in [3.8, 4) is 0 Å². The molecule has 2 aromatic carbocycles. The predicted molar refractivity (Wildman–Crippen MR) is 112 cm³/mol. The second-order valence-electron chi connectivity index (χ2n) is 6.37. The summed E-state index contributed by atoms with van der Waals surface area (Å²) in [6.07, 6.45) is 1.76. The fraction of sp³-hybridized carbons (Fsp3) is 0.182. The van der Waals surface area contributed by atoms with Crippen molar-refractivity contribution in [1.82, 2.24) is 4.57 Å². The highest BCUT2D eigenvalue weighted by molar-refractivity contribution is 8.00. The first-order chi connectivity index (χ1) is 13.5. The first kappa shape index (κ1) is 19.8. The minimum absolute atomic E-state index is 0.126. The Morgan fingerprint density at radius 1 is 1.07 bits per heavy atom. The summed E-state index contributed by atoms with van der Waals surface area (Å²) in [5.74, 6) is -0.273. The van der Waals surface area contributed by atoms with E-state index in [9.17, 15) is 9.59 Å². The monoisotopic (exact) mass is 394 g/mol. The molecule has 3 rings (SSSR count). The maximum atomic E-state index is 12.3. The molecule has 1 N–H and O–H groups in total. The highest BCUT2D eigenvalue weighted by atomic mass is 32.2. The normalized spacial score (nSPS) is 10.5. The lowest BCUT2D eigenvalue weighted by atomic mass is 10.2. The first-order valence-electron chi connectivity index (χ1n) is 8.87. The second kappa shape index (κ2) is 9.28. The average molecular weight is 394 g/mol. The molecule has 0 radical (unpaired) electrons. The van der Waals surface area contributed by atoms with Gasteiger partial charge >= 0.3 is 5.97 Å². The summed E-state index contributed by atoms with van der Waals surface area (Å²) in [5, 5.41) is 2.86. The Hall–Kier alpha value is -2.99. The van der Waals surface area contributed by atoms with Gasteiger partial charge in [-0.1, -0.05) is 48.0 Å². The summed E-state index contributed by atoms with van der Waals surface area (Å²) < 4.78 is 6.65. The van der Waals surface area contributed by atoms with Crippen LogP contribution >= 0.6 is 11.8 Å². The molecule has 0 atom stereocenters. The SMILES string of the molecule is COC(=O)c1cc(NC(=O)CSc2ccc(C)cc2)cn1Cc1ccccc1. The van der Waals surface area contributed by atoms with Gasteiger partial charge in [-0.3, -0.25) is 4.79 Å². The number of aromatic nitrogens is 1. The van der Waals surface area contributed by atoms with Gasteiger partial charge in [0.2, 0.25) is 5.91 Å². The first-order valence-corrected chi connectivity index (χ1v) is 9.85. The molecular weight excluding hydrogens is 372 g/mol. The largest absolute Gasteiger partial charge is 0.464 e. The van der Waals surface area contributed by atoms with Crippen molar-refractivity contribution in [2.45, 2.75) is 18.4 Å². The number of hydrogen-bond donors (Lipinski definition) is 1. The molecule has 0 unspecified atom stereocenters. The van der Waals surface area contributed by atoms with Gasteiger partial charge in [-0.05, 0) is 30.7 Å². The number of methoxy groups -OCH3 is 1. The van der Waals surface area contributed by atoms with Crippen molar-refractivity contribution in [3.63, 3.8) is 0 Å². The number of rotatable bonds is 7. The molecule has 0 saturated carbocycles. The highest BCUT2D eigenvalue weighted by Crippen LogP contribution is 2.20. The third-order valence-electron chi connectivity index (χ3n) is 4.16. The molecule has 1 heterocycles. The topological polar surface area (TPSA) is 60.3 Å². The van der Waals surface area contributed by atoms with Crippen LogP contribution in [0, 0.1) is 6.92 Å². The van der Waals surface area contributed by atoms with Gasteiger partial charge in [0.05, 0.1) is 18.6 Å². The van der Waals surface area contributed by atoms with Gasteiger partial charge in [-0.25, -0.2) is 4.79 Å². The molecule has 3 aromatic rings. The van der Waals surface area contributed by atoms with Gasteiger partial charge in [0, 0.05) is 17.6 Å². The Balaban J connectivity index is 1.68. The number of carbonyl (C=O) groups excluding carboxylic acids is 2. The third kappa shape index (κ3) is 5.27. The quantitative estimate of drug-likeness (QED) is 0.478. The number of esters is 1. The van der Waals surface area contributed by atoms with Crippen molar-refractivity contribution >= 4 is 29.3 Å². The number of carbonyl (C=O) groups is 2. The van der Waals surface area contributed by atoms with Crippen LogP contribution < -0.4 is 5.32 Å². The van der Waals surface area contributed by atoms with Crippen LogP contribution in [0.5, 0.6) is 0 Å². The van der Waals surface area contributed by atoms with Gasteiger partial charge in [0.15, 0.2) is 0 Å². The average Bonchev–Trinajstić information content (AvgIpc) is 3.09. The molecule has 5 nitrogen and oxygen atoms in total. The molecule has 0 saturated heterocycles. The van der Waals surface area contributed by atoms with Crippen molar-refractivity contribution in [2.24, 2.45) is 0 Å². The van der Waals surface area contributed by atoms with Crippen molar-refractivity contribution in [1.29, 1.82) is 0 Å². The fourth-order valence-corrected chi connectivity index (χ4v) is 3.44. The molecule has 28 heavy (non-hydrogen) atoms. The molecule has 0 bridgehead atoms. The van der Waals surface area contributed by atoms with Gasteiger partial charge in [-0.2, -0.15) is 0 Å². The maximum absolute atomic E-state index is 12.3. The van der Waals surface area contributed by atoms with E-state index in [0.29, 0.717) is 23.7 Å². The van der Waals surface area contributed by atoms with Crippen molar-refractivity contribution in [3.05, 3.63) is 83.7 Å². The summed E-state index contributed by atoms with van der Waals surface area (Å²) in [7, 11) is 1.35. The molecular formula is C22H22N2O3S. The Morgan fingerprint density at radius 3 is 2.46 bits per heavy atom. The molecule has 144 valence electrons. The van der Waals surface area contributed by atoms with E-state index in [0.717, 1.165) is 10.5 Å². The minimum Gasteiger partial charge on any atom is -0.464 e. The van der Waals surface area contributed by atoms with Crippen LogP contribution in [0.25, 0.3) is 0 Å². The summed E-state index contributed by atoms with van der Waals surface area (Å²) >= 11 is 1.47. The van der Waals surface area contributed by atoms with Gasteiger partial charge in [-0.15, -0.1) is 11.8 Å². The minimum atomic E-state index is -0.439. The van der Waals surface area contributed by atoms with E-state index in [4.69, 9.17) is 4.74 Å². The number of aryl methyl sites for hydroxylation is 1. The lowest BCUT2D eigenvalue weighted by molar-refractivity contribution is -0.113. The summed E-state index contributed by atoms with van der Waals surface area (Å²) in [6.45, 7) is 2.54. The van der Waals surface area contributed by atoms with Crippen molar-refractivity contribution in [2.75, 3.05) is 18.2 Å². The van der Waals surface area contributed by atoms with E-state index in [1.54, 1.807) is 16.8 Å². The van der Waals surface area contributed by atoms with E-state index < -0.39 is 5.97 Å². The summed E-state index contributed by atoms with van der Waals surface area (Å²) in [6, 6.07) is 19.5. The molecule has 6 heteroatoms. The third-order valence-corrected chi connectivity index (χ3v) is 5.17. The zero-order chi connectivity index (χ0) is 19.9. The molecule has 0 fully saturated rings. The van der Waals surface area contributed by atoms with Crippen LogP contribution in [0.15, 0.2) is 71.8 Å². The fourth-order valence-electron chi connectivity index (χ4n) is 2.75. The Kier molecular flexibility index (Phi) is 6.55. The zero-order valence-corrected chi connectivity index (χ0v) is 16.7. The number of thioether (sulfide) groups is 1. The second-order valence-corrected chi connectivity index (χ2v) is 7.42. The van der Waals surface area contributed by atoms with Crippen LogP contribution in [-0.4, -0.2) is 29.3 Å². The molecule has 1 aromatic heterocycles. The standard InChI is InChI=1S/C22H22N2O3S/c1-16-8-10-19(11-9-16)28-15-21(25)23-18-12-20(22(26)27-2)24(14-18)13-17-6-4-3-5-7-17/h3-12,14H,13,15H2,1-2H3,(H,23,25). The van der Waals surface area contributed by atoms with Crippen LogP contribution in [0.2, 0.25) is 0 Å². The molecule has 0 aliphatic heterocycles. The smallest absolute Gasteiger partial charge is 0.354 e. The number of benzene rings is 2. The Morgan fingerprint density at radius 2 is 1.79 bits per heavy atom. The number of anilines is 1. The van der Waals surface area contributed by atoms with Gasteiger partial charge in [0.1, 0.15) is 5.69 Å². The summed E-state index contributed by atoms with van der Waals surface area (Å²) in [4.78, 5) is 25.5. The number of amides is 1. The Labute approximate surface area is 168 Å². The van der Waals surface area contributed by atoms with E-state index in [-0.39, 0.29) is 5.91 Å². The lowest BCUT2D eigenvalue weighted by Gasteiger charge is -2.07. The highest BCUT2D eigenvalue weighted by Gasteiger charge is 2.16.